The third kappa shape index (κ3) is 2.38. The summed E-state index contributed by atoms with van der Waals surface area (Å²) in [7, 11) is 0. The molecule has 2 aliphatic rings. The van der Waals surface area contributed by atoms with Gasteiger partial charge in [0.05, 0.1) is 4.75 Å². The topological polar surface area (TPSA) is 46.3 Å². The van der Waals surface area contributed by atoms with E-state index in [1.807, 2.05) is 11.8 Å². The highest BCUT2D eigenvalue weighted by Crippen LogP contribution is 2.39. The molecule has 2 atom stereocenters. The van der Waals surface area contributed by atoms with Gasteiger partial charge in [-0.15, -0.1) is 11.8 Å². The molecule has 0 aromatic heterocycles. The van der Waals surface area contributed by atoms with E-state index < -0.39 is 0 Å². The van der Waals surface area contributed by atoms with Crippen molar-refractivity contribution >= 4 is 17.7 Å². The Bertz CT molecular complexity index is 264. The Labute approximate surface area is 102 Å². The maximum atomic E-state index is 12.4. The summed E-state index contributed by atoms with van der Waals surface area (Å²) < 4.78 is -0.142. The first-order valence-corrected chi connectivity index (χ1v) is 7.28. The van der Waals surface area contributed by atoms with E-state index in [-0.39, 0.29) is 4.75 Å². The van der Waals surface area contributed by atoms with Gasteiger partial charge in [-0.1, -0.05) is 0 Å². The van der Waals surface area contributed by atoms with Gasteiger partial charge in [0, 0.05) is 13.1 Å². The van der Waals surface area contributed by atoms with Crippen molar-refractivity contribution in [2.24, 2.45) is 11.7 Å². The standard InChI is InChI=1S/C12H22N2OS/c1-12(5-3-7-16-12)11(15)14-6-2-4-10(8-13)9-14/h10H,2-9,13H2,1H3. The Kier molecular flexibility index (Phi) is 3.80. The zero-order valence-corrected chi connectivity index (χ0v) is 10.9. The normalized spacial score (nSPS) is 35.4. The first-order valence-electron chi connectivity index (χ1n) is 6.29. The van der Waals surface area contributed by atoms with Crippen LogP contribution in [0, 0.1) is 5.92 Å². The maximum Gasteiger partial charge on any atom is 0.238 e. The van der Waals surface area contributed by atoms with Crippen molar-refractivity contribution in [3.8, 4) is 0 Å². The van der Waals surface area contributed by atoms with Gasteiger partial charge in [0.15, 0.2) is 0 Å². The monoisotopic (exact) mass is 242 g/mol. The second-order valence-corrected chi connectivity index (χ2v) is 6.78. The van der Waals surface area contributed by atoms with Crippen LogP contribution in [-0.2, 0) is 4.79 Å². The molecular weight excluding hydrogens is 220 g/mol. The van der Waals surface area contributed by atoms with E-state index in [9.17, 15) is 4.79 Å². The van der Waals surface area contributed by atoms with E-state index in [0.717, 1.165) is 31.7 Å². The van der Waals surface area contributed by atoms with Gasteiger partial charge in [0.1, 0.15) is 0 Å². The van der Waals surface area contributed by atoms with Gasteiger partial charge in [-0.3, -0.25) is 4.79 Å². The quantitative estimate of drug-likeness (QED) is 0.797. The number of thioether (sulfide) groups is 1. The predicted molar refractivity (Wildman–Crippen MR) is 68.5 cm³/mol. The molecule has 0 aromatic rings. The van der Waals surface area contributed by atoms with Crippen LogP contribution in [0.1, 0.15) is 32.6 Å². The third-order valence-electron chi connectivity index (χ3n) is 3.81. The summed E-state index contributed by atoms with van der Waals surface area (Å²) >= 11 is 1.83. The van der Waals surface area contributed by atoms with Crippen molar-refractivity contribution in [2.45, 2.75) is 37.4 Å². The molecule has 3 nitrogen and oxygen atoms in total. The fraction of sp³-hybridized carbons (Fsp3) is 0.917. The molecule has 2 heterocycles. The molecule has 1 amide bonds. The number of likely N-dealkylation sites (tertiary alicyclic amines) is 1. The van der Waals surface area contributed by atoms with Crippen molar-refractivity contribution in [1.29, 1.82) is 0 Å². The van der Waals surface area contributed by atoms with Crippen molar-refractivity contribution in [1.82, 2.24) is 4.90 Å². The van der Waals surface area contributed by atoms with E-state index >= 15 is 0 Å². The van der Waals surface area contributed by atoms with Crippen molar-refractivity contribution in [3.63, 3.8) is 0 Å². The first-order chi connectivity index (χ1) is 7.65. The van der Waals surface area contributed by atoms with Gasteiger partial charge in [-0.2, -0.15) is 0 Å². The number of carbonyl (C=O) groups is 1. The summed E-state index contributed by atoms with van der Waals surface area (Å²) in [6, 6.07) is 0. The number of hydrogen-bond donors (Lipinski definition) is 1. The summed E-state index contributed by atoms with van der Waals surface area (Å²) in [5.74, 6) is 2.01. The molecule has 0 aliphatic carbocycles. The van der Waals surface area contributed by atoms with Crippen LogP contribution in [0.5, 0.6) is 0 Å². The third-order valence-corrected chi connectivity index (χ3v) is 5.32. The van der Waals surface area contributed by atoms with Gasteiger partial charge in [0.25, 0.3) is 0 Å². The number of rotatable bonds is 2. The number of carbonyl (C=O) groups excluding carboxylic acids is 1. The van der Waals surface area contributed by atoms with Crippen LogP contribution in [-0.4, -0.2) is 40.9 Å². The van der Waals surface area contributed by atoms with Gasteiger partial charge in [-0.25, -0.2) is 0 Å². The average molecular weight is 242 g/mol. The Morgan fingerprint density at radius 1 is 1.56 bits per heavy atom. The maximum absolute atomic E-state index is 12.4. The number of nitrogens with two attached hydrogens (primary N) is 1. The highest BCUT2D eigenvalue weighted by molar-refractivity contribution is 8.01. The van der Waals surface area contributed by atoms with E-state index in [4.69, 9.17) is 5.73 Å². The van der Waals surface area contributed by atoms with E-state index in [1.54, 1.807) is 0 Å². The largest absolute Gasteiger partial charge is 0.341 e. The molecule has 4 heteroatoms. The number of amides is 1. The minimum absolute atomic E-state index is 0.142. The SMILES string of the molecule is CC1(C(=O)N2CCCC(CN)C2)CCCS1. The molecule has 0 saturated carbocycles. The highest BCUT2D eigenvalue weighted by atomic mass is 32.2. The smallest absolute Gasteiger partial charge is 0.238 e. The molecule has 2 unspecified atom stereocenters. The van der Waals surface area contributed by atoms with Crippen molar-refractivity contribution in [3.05, 3.63) is 0 Å². The van der Waals surface area contributed by atoms with Crippen LogP contribution in [0.3, 0.4) is 0 Å². The fourth-order valence-corrected chi connectivity index (χ4v) is 4.00. The summed E-state index contributed by atoms with van der Waals surface area (Å²) in [6.07, 6.45) is 4.53. The Morgan fingerprint density at radius 2 is 2.38 bits per heavy atom. The van der Waals surface area contributed by atoms with Crippen LogP contribution in [0.2, 0.25) is 0 Å². The Morgan fingerprint density at radius 3 is 3.00 bits per heavy atom. The van der Waals surface area contributed by atoms with Gasteiger partial charge < -0.3 is 10.6 Å². The van der Waals surface area contributed by atoms with Crippen LogP contribution in [0.4, 0.5) is 0 Å². The molecule has 0 radical (unpaired) electrons. The second kappa shape index (κ2) is 4.96. The molecule has 0 aromatic carbocycles. The lowest BCUT2D eigenvalue weighted by Crippen LogP contribution is -2.49. The molecule has 0 spiro atoms. The molecule has 2 rings (SSSR count). The van der Waals surface area contributed by atoms with Crippen LogP contribution >= 0.6 is 11.8 Å². The zero-order valence-electron chi connectivity index (χ0n) is 10.1. The summed E-state index contributed by atoms with van der Waals surface area (Å²) in [5, 5.41) is 0. The fourth-order valence-electron chi connectivity index (χ4n) is 2.72. The molecule has 92 valence electrons. The molecule has 2 aliphatic heterocycles. The van der Waals surface area contributed by atoms with E-state index in [2.05, 4.69) is 11.8 Å². The lowest BCUT2D eigenvalue weighted by atomic mass is 9.96. The predicted octanol–water partition coefficient (Wildman–Crippen LogP) is 1.47. The highest BCUT2D eigenvalue weighted by Gasteiger charge is 2.40. The summed E-state index contributed by atoms with van der Waals surface area (Å²) in [4.78, 5) is 14.5. The van der Waals surface area contributed by atoms with E-state index in [1.165, 1.54) is 12.8 Å². The second-order valence-electron chi connectivity index (χ2n) is 5.18. The van der Waals surface area contributed by atoms with Crippen LogP contribution < -0.4 is 5.73 Å². The van der Waals surface area contributed by atoms with E-state index in [0.29, 0.717) is 18.4 Å². The summed E-state index contributed by atoms with van der Waals surface area (Å²) in [5.41, 5.74) is 5.71. The lowest BCUT2D eigenvalue weighted by molar-refractivity contribution is -0.135. The molecular formula is C12H22N2OS. The molecule has 2 N–H and O–H groups in total. The number of piperidine rings is 1. The average Bonchev–Trinajstić information content (AvgIpc) is 2.76. The summed E-state index contributed by atoms with van der Waals surface area (Å²) in [6.45, 7) is 4.64. The minimum Gasteiger partial charge on any atom is -0.341 e. The Hall–Kier alpha value is -0.220. The molecule has 2 fully saturated rings. The zero-order chi connectivity index (χ0) is 11.6. The van der Waals surface area contributed by atoms with Crippen molar-refractivity contribution in [2.75, 3.05) is 25.4 Å². The molecule has 2 saturated heterocycles. The first kappa shape index (κ1) is 12.2. The van der Waals surface area contributed by atoms with Crippen molar-refractivity contribution < 1.29 is 4.79 Å². The van der Waals surface area contributed by atoms with Gasteiger partial charge in [-0.05, 0) is 50.8 Å². The van der Waals surface area contributed by atoms with Crippen LogP contribution in [0.15, 0.2) is 0 Å². The Balaban J connectivity index is 1.98. The molecule has 16 heavy (non-hydrogen) atoms. The van der Waals surface area contributed by atoms with Gasteiger partial charge >= 0.3 is 0 Å². The van der Waals surface area contributed by atoms with Crippen LogP contribution in [0.25, 0.3) is 0 Å². The number of hydrogen-bond acceptors (Lipinski definition) is 3. The number of nitrogens with zero attached hydrogens (tertiary/aromatic N) is 1. The lowest BCUT2D eigenvalue weighted by Gasteiger charge is -2.36. The molecule has 0 bridgehead atoms. The van der Waals surface area contributed by atoms with Gasteiger partial charge in [0.2, 0.25) is 5.91 Å². The minimum atomic E-state index is -0.142.